The van der Waals surface area contributed by atoms with Gasteiger partial charge < -0.3 is 11.1 Å². The molecule has 1 unspecified atom stereocenters. The molecule has 0 aromatic heterocycles. The van der Waals surface area contributed by atoms with Crippen LogP contribution in [-0.4, -0.2) is 20.9 Å². The summed E-state index contributed by atoms with van der Waals surface area (Å²) in [6.45, 7) is 4.32. The lowest BCUT2D eigenvalue weighted by atomic mass is 9.86. The van der Waals surface area contributed by atoms with Crippen LogP contribution in [0.3, 0.4) is 0 Å². The van der Waals surface area contributed by atoms with E-state index in [1.54, 1.807) is 12.1 Å². The van der Waals surface area contributed by atoms with Gasteiger partial charge in [0.05, 0.1) is 10.3 Å². The van der Waals surface area contributed by atoms with E-state index >= 15 is 0 Å². The predicted molar refractivity (Wildman–Crippen MR) is 77.1 cm³/mol. The van der Waals surface area contributed by atoms with Crippen LogP contribution in [0.15, 0.2) is 29.2 Å². The molecule has 0 aliphatic rings. The van der Waals surface area contributed by atoms with E-state index in [-0.39, 0.29) is 17.3 Å². The molecule has 112 valence electrons. The molecule has 0 bridgehead atoms. The maximum Gasteiger partial charge on any atom is 0.238 e. The van der Waals surface area contributed by atoms with Gasteiger partial charge in [-0.25, -0.2) is 13.6 Å². The van der Waals surface area contributed by atoms with E-state index in [4.69, 9.17) is 10.9 Å². The minimum atomic E-state index is -3.69. The van der Waals surface area contributed by atoms with Crippen molar-refractivity contribution in [1.82, 2.24) is 5.32 Å². The van der Waals surface area contributed by atoms with Crippen molar-refractivity contribution in [2.24, 2.45) is 16.3 Å². The second-order valence-electron chi connectivity index (χ2n) is 4.99. The van der Waals surface area contributed by atoms with Crippen molar-refractivity contribution < 1.29 is 13.2 Å². The third-order valence-electron chi connectivity index (χ3n) is 3.48. The van der Waals surface area contributed by atoms with Crippen molar-refractivity contribution in [2.75, 3.05) is 6.54 Å². The topological polar surface area (TPSA) is 115 Å². The number of carbonyl (C=O) groups is 1. The molecule has 0 aliphatic heterocycles. The van der Waals surface area contributed by atoms with E-state index in [1.807, 2.05) is 13.8 Å². The number of primary sulfonamides is 1. The molecule has 0 spiro atoms. The van der Waals surface area contributed by atoms with E-state index in [2.05, 4.69) is 5.32 Å². The SMILES string of the molecule is CCC(C)(CN)C(=O)NCc1ccc(S(N)(=O)=O)cc1. The Morgan fingerprint density at radius 3 is 2.25 bits per heavy atom. The Morgan fingerprint density at radius 1 is 1.30 bits per heavy atom. The van der Waals surface area contributed by atoms with Crippen LogP contribution in [0.4, 0.5) is 0 Å². The standard InChI is InChI=1S/C13H21N3O3S/c1-3-13(2,9-14)12(17)16-8-10-4-6-11(7-5-10)20(15,18)19/h4-7H,3,8-9,14H2,1-2H3,(H,16,17)(H2,15,18,19). The fourth-order valence-electron chi connectivity index (χ4n) is 1.59. The van der Waals surface area contributed by atoms with Crippen molar-refractivity contribution in [1.29, 1.82) is 0 Å². The number of benzene rings is 1. The van der Waals surface area contributed by atoms with Crippen LogP contribution in [-0.2, 0) is 21.4 Å². The second kappa shape index (κ2) is 6.34. The Kier molecular flexibility index (Phi) is 5.27. The summed E-state index contributed by atoms with van der Waals surface area (Å²) in [4.78, 5) is 12.1. The molecule has 0 saturated carbocycles. The first kappa shape index (κ1) is 16.6. The molecule has 1 amide bonds. The van der Waals surface area contributed by atoms with E-state index in [1.165, 1.54) is 12.1 Å². The van der Waals surface area contributed by atoms with Crippen LogP contribution in [0.25, 0.3) is 0 Å². The Labute approximate surface area is 119 Å². The zero-order chi connectivity index (χ0) is 15.4. The average Bonchev–Trinajstić information content (AvgIpc) is 2.43. The van der Waals surface area contributed by atoms with Crippen LogP contribution in [0.2, 0.25) is 0 Å². The molecule has 0 heterocycles. The summed E-state index contributed by atoms with van der Waals surface area (Å²) in [5, 5.41) is 7.81. The van der Waals surface area contributed by atoms with Crippen molar-refractivity contribution in [3.05, 3.63) is 29.8 Å². The summed E-state index contributed by atoms with van der Waals surface area (Å²) >= 11 is 0. The van der Waals surface area contributed by atoms with Gasteiger partial charge in [0, 0.05) is 13.1 Å². The predicted octanol–water partition coefficient (Wildman–Crippen LogP) is 0.325. The highest BCUT2D eigenvalue weighted by Gasteiger charge is 2.29. The summed E-state index contributed by atoms with van der Waals surface area (Å²) in [6.07, 6.45) is 0.652. The Morgan fingerprint density at radius 2 is 1.85 bits per heavy atom. The normalized spacial score (nSPS) is 14.6. The van der Waals surface area contributed by atoms with Gasteiger partial charge in [0.2, 0.25) is 15.9 Å². The first-order chi connectivity index (χ1) is 9.23. The van der Waals surface area contributed by atoms with E-state index in [0.29, 0.717) is 13.0 Å². The lowest BCUT2D eigenvalue weighted by Gasteiger charge is -2.24. The number of sulfonamides is 1. The lowest BCUT2D eigenvalue weighted by molar-refractivity contribution is -0.130. The molecule has 0 aliphatic carbocycles. The number of rotatable bonds is 6. The van der Waals surface area contributed by atoms with Crippen molar-refractivity contribution in [3.8, 4) is 0 Å². The monoisotopic (exact) mass is 299 g/mol. The molecular weight excluding hydrogens is 278 g/mol. The quantitative estimate of drug-likeness (QED) is 0.701. The minimum Gasteiger partial charge on any atom is -0.352 e. The van der Waals surface area contributed by atoms with E-state index in [0.717, 1.165) is 5.56 Å². The van der Waals surface area contributed by atoms with Gasteiger partial charge in [0.25, 0.3) is 0 Å². The number of amides is 1. The van der Waals surface area contributed by atoms with E-state index in [9.17, 15) is 13.2 Å². The summed E-state index contributed by atoms with van der Waals surface area (Å²) in [7, 11) is -3.69. The van der Waals surface area contributed by atoms with Gasteiger partial charge in [0.15, 0.2) is 0 Å². The number of carbonyl (C=O) groups excluding carboxylic acids is 1. The van der Waals surface area contributed by atoms with Crippen LogP contribution in [0, 0.1) is 5.41 Å². The highest BCUT2D eigenvalue weighted by atomic mass is 32.2. The highest BCUT2D eigenvalue weighted by molar-refractivity contribution is 7.89. The first-order valence-corrected chi connectivity index (χ1v) is 7.87. The van der Waals surface area contributed by atoms with Crippen molar-refractivity contribution in [2.45, 2.75) is 31.7 Å². The summed E-state index contributed by atoms with van der Waals surface area (Å²) in [5.74, 6) is -0.113. The lowest BCUT2D eigenvalue weighted by Crippen LogP contribution is -2.43. The van der Waals surface area contributed by atoms with Gasteiger partial charge in [-0.15, -0.1) is 0 Å². The molecule has 0 radical (unpaired) electrons. The number of hydrogen-bond acceptors (Lipinski definition) is 4. The summed E-state index contributed by atoms with van der Waals surface area (Å²) < 4.78 is 22.2. The van der Waals surface area contributed by atoms with E-state index < -0.39 is 15.4 Å². The third kappa shape index (κ3) is 4.03. The van der Waals surface area contributed by atoms with Gasteiger partial charge in [-0.05, 0) is 31.0 Å². The molecule has 20 heavy (non-hydrogen) atoms. The van der Waals surface area contributed by atoms with Crippen LogP contribution in [0.5, 0.6) is 0 Å². The fourth-order valence-corrected chi connectivity index (χ4v) is 2.11. The zero-order valence-corrected chi connectivity index (χ0v) is 12.5. The molecule has 6 nitrogen and oxygen atoms in total. The Bertz CT molecular complexity index is 563. The van der Waals surface area contributed by atoms with Gasteiger partial charge >= 0.3 is 0 Å². The average molecular weight is 299 g/mol. The number of nitrogens with one attached hydrogen (secondary N) is 1. The van der Waals surface area contributed by atoms with Gasteiger partial charge in [-0.2, -0.15) is 0 Å². The van der Waals surface area contributed by atoms with Crippen LogP contribution < -0.4 is 16.2 Å². The number of nitrogens with two attached hydrogens (primary N) is 2. The summed E-state index contributed by atoms with van der Waals surface area (Å²) in [6, 6.07) is 6.06. The third-order valence-corrected chi connectivity index (χ3v) is 4.41. The molecule has 1 aromatic rings. The maximum atomic E-state index is 12.0. The molecule has 5 N–H and O–H groups in total. The number of hydrogen-bond donors (Lipinski definition) is 3. The van der Waals surface area contributed by atoms with Gasteiger partial charge in [-0.1, -0.05) is 19.1 Å². The Hall–Kier alpha value is -1.44. The zero-order valence-electron chi connectivity index (χ0n) is 11.7. The molecule has 1 aromatic carbocycles. The van der Waals surface area contributed by atoms with Crippen molar-refractivity contribution >= 4 is 15.9 Å². The van der Waals surface area contributed by atoms with Crippen molar-refractivity contribution in [3.63, 3.8) is 0 Å². The molecule has 7 heteroatoms. The smallest absolute Gasteiger partial charge is 0.238 e. The maximum absolute atomic E-state index is 12.0. The summed E-state index contributed by atoms with van der Waals surface area (Å²) in [5.41, 5.74) is 5.82. The molecule has 1 atom stereocenters. The minimum absolute atomic E-state index is 0.0490. The van der Waals surface area contributed by atoms with Gasteiger partial charge in [-0.3, -0.25) is 4.79 Å². The van der Waals surface area contributed by atoms with Crippen LogP contribution in [0.1, 0.15) is 25.8 Å². The van der Waals surface area contributed by atoms with Crippen LogP contribution >= 0.6 is 0 Å². The Balaban J connectivity index is 2.70. The molecule has 1 rings (SSSR count). The highest BCUT2D eigenvalue weighted by Crippen LogP contribution is 2.19. The second-order valence-corrected chi connectivity index (χ2v) is 6.55. The molecular formula is C13H21N3O3S. The fraction of sp³-hybridized carbons (Fsp3) is 0.462. The molecule has 0 fully saturated rings. The largest absolute Gasteiger partial charge is 0.352 e. The molecule has 0 saturated heterocycles. The first-order valence-electron chi connectivity index (χ1n) is 6.33. The van der Waals surface area contributed by atoms with Gasteiger partial charge in [0.1, 0.15) is 0 Å².